The van der Waals surface area contributed by atoms with Gasteiger partial charge in [0.2, 0.25) is 11.7 Å². The van der Waals surface area contributed by atoms with Crippen LogP contribution < -0.4 is 5.56 Å². The van der Waals surface area contributed by atoms with E-state index in [2.05, 4.69) is 15.1 Å². The second kappa shape index (κ2) is 6.50. The molecule has 1 aromatic carbocycles. The standard InChI is InChI=1S/C22H23N5O3/c1-22(11-6-12-29-22)27-16-10-5-4-9-15(16)26-13-23-17(18(26)21(27)28)19-24-20(30-25-19)14-7-2-3-8-14/h4-5,9-10,13-14H,2-3,6-8,11-12H2,1H3. The second-order valence-electron chi connectivity index (χ2n) is 8.51. The third-order valence-corrected chi connectivity index (χ3v) is 6.58. The fourth-order valence-corrected chi connectivity index (χ4v) is 5.05. The molecule has 0 N–H and O–H groups in total. The van der Waals surface area contributed by atoms with Crippen LogP contribution in [0.3, 0.4) is 0 Å². The maximum absolute atomic E-state index is 13.8. The monoisotopic (exact) mass is 405 g/mol. The molecule has 3 aromatic heterocycles. The van der Waals surface area contributed by atoms with Crippen LogP contribution in [0.1, 0.15) is 57.3 Å². The van der Waals surface area contributed by atoms with Crippen molar-refractivity contribution in [3.63, 3.8) is 0 Å². The molecule has 0 bridgehead atoms. The van der Waals surface area contributed by atoms with Gasteiger partial charge in [-0.1, -0.05) is 30.1 Å². The third-order valence-electron chi connectivity index (χ3n) is 6.58. The summed E-state index contributed by atoms with van der Waals surface area (Å²) in [6.07, 6.45) is 7.88. The van der Waals surface area contributed by atoms with Crippen molar-refractivity contribution < 1.29 is 9.26 Å². The van der Waals surface area contributed by atoms with Crippen LogP contribution in [0.5, 0.6) is 0 Å². The van der Waals surface area contributed by atoms with Gasteiger partial charge in [0, 0.05) is 12.5 Å². The summed E-state index contributed by atoms with van der Waals surface area (Å²) in [6, 6.07) is 7.84. The van der Waals surface area contributed by atoms with E-state index >= 15 is 0 Å². The lowest BCUT2D eigenvalue weighted by molar-refractivity contribution is -0.0447. The molecule has 2 fully saturated rings. The Morgan fingerprint density at radius 2 is 1.93 bits per heavy atom. The zero-order valence-electron chi connectivity index (χ0n) is 16.9. The summed E-state index contributed by atoms with van der Waals surface area (Å²) in [6.45, 7) is 2.62. The highest BCUT2D eigenvalue weighted by molar-refractivity contribution is 5.83. The number of rotatable bonds is 3. The Hall–Kier alpha value is -3.00. The van der Waals surface area contributed by atoms with Crippen molar-refractivity contribution in [3.8, 4) is 11.5 Å². The molecule has 0 amide bonds. The molecule has 154 valence electrons. The number of imidazole rings is 1. The highest BCUT2D eigenvalue weighted by atomic mass is 16.5. The minimum absolute atomic E-state index is 0.155. The van der Waals surface area contributed by atoms with E-state index in [1.165, 1.54) is 12.8 Å². The fourth-order valence-electron chi connectivity index (χ4n) is 5.05. The molecule has 2 aliphatic rings. The first-order valence-electron chi connectivity index (χ1n) is 10.6. The molecule has 4 heterocycles. The van der Waals surface area contributed by atoms with Crippen LogP contribution in [0.2, 0.25) is 0 Å². The van der Waals surface area contributed by atoms with Gasteiger partial charge in [-0.15, -0.1) is 0 Å². The van der Waals surface area contributed by atoms with Gasteiger partial charge >= 0.3 is 0 Å². The summed E-state index contributed by atoms with van der Waals surface area (Å²) in [5.74, 6) is 1.33. The molecular weight excluding hydrogens is 382 g/mol. The van der Waals surface area contributed by atoms with Gasteiger partial charge in [-0.05, 0) is 44.7 Å². The van der Waals surface area contributed by atoms with E-state index in [-0.39, 0.29) is 5.56 Å². The first kappa shape index (κ1) is 17.8. The van der Waals surface area contributed by atoms with Gasteiger partial charge in [0.1, 0.15) is 23.3 Å². The van der Waals surface area contributed by atoms with Crippen LogP contribution in [0, 0.1) is 0 Å². The molecule has 1 unspecified atom stereocenters. The number of hydrogen-bond acceptors (Lipinski definition) is 6. The summed E-state index contributed by atoms with van der Waals surface area (Å²) >= 11 is 0. The van der Waals surface area contributed by atoms with E-state index in [4.69, 9.17) is 9.26 Å². The van der Waals surface area contributed by atoms with Crippen LogP contribution in [0.4, 0.5) is 0 Å². The van der Waals surface area contributed by atoms with Gasteiger partial charge in [-0.2, -0.15) is 4.98 Å². The number of benzene rings is 1. The van der Waals surface area contributed by atoms with Crippen molar-refractivity contribution in [2.24, 2.45) is 0 Å². The molecular formula is C22H23N5O3. The van der Waals surface area contributed by atoms with Gasteiger partial charge in [0.15, 0.2) is 0 Å². The maximum Gasteiger partial charge on any atom is 0.280 e. The molecule has 8 nitrogen and oxygen atoms in total. The van der Waals surface area contributed by atoms with Crippen LogP contribution in [-0.4, -0.2) is 30.7 Å². The van der Waals surface area contributed by atoms with E-state index in [1.54, 1.807) is 10.9 Å². The summed E-state index contributed by atoms with van der Waals surface area (Å²) in [5, 5.41) is 4.18. The van der Waals surface area contributed by atoms with Gasteiger partial charge in [0.25, 0.3) is 5.56 Å². The Morgan fingerprint density at radius 1 is 1.13 bits per heavy atom. The van der Waals surface area contributed by atoms with Crippen LogP contribution in [0.15, 0.2) is 39.9 Å². The fraction of sp³-hybridized carbons (Fsp3) is 0.455. The Labute approximate surface area is 172 Å². The lowest BCUT2D eigenvalue weighted by Crippen LogP contribution is -2.39. The largest absolute Gasteiger partial charge is 0.355 e. The summed E-state index contributed by atoms with van der Waals surface area (Å²) in [5.41, 5.74) is 1.77. The first-order chi connectivity index (χ1) is 14.7. The predicted molar refractivity (Wildman–Crippen MR) is 110 cm³/mol. The Balaban J connectivity index is 1.61. The summed E-state index contributed by atoms with van der Waals surface area (Å²) < 4.78 is 15.2. The zero-order valence-corrected chi connectivity index (χ0v) is 16.9. The minimum atomic E-state index is -0.688. The average molecular weight is 405 g/mol. The summed E-state index contributed by atoms with van der Waals surface area (Å²) in [7, 11) is 0. The number of fused-ring (bicyclic) bond motifs is 3. The van der Waals surface area contributed by atoms with Crippen LogP contribution >= 0.6 is 0 Å². The molecule has 4 aromatic rings. The second-order valence-corrected chi connectivity index (χ2v) is 8.51. The van der Waals surface area contributed by atoms with Crippen molar-refractivity contribution >= 4 is 16.6 Å². The number of para-hydroxylation sites is 2. The maximum atomic E-state index is 13.8. The first-order valence-corrected chi connectivity index (χ1v) is 10.6. The molecule has 6 rings (SSSR count). The zero-order chi connectivity index (χ0) is 20.3. The van der Waals surface area contributed by atoms with E-state index in [9.17, 15) is 4.79 Å². The van der Waals surface area contributed by atoms with Gasteiger partial charge < -0.3 is 9.26 Å². The SMILES string of the molecule is CC1(n2c(=O)c3c(-c4noc(C5CCCC5)n4)ncn3c3ccccc32)CCCO1. The van der Waals surface area contributed by atoms with E-state index in [0.717, 1.165) is 36.7 Å². The third kappa shape index (κ3) is 2.49. The van der Waals surface area contributed by atoms with Gasteiger partial charge in [-0.25, -0.2) is 4.98 Å². The normalized spacial score (nSPS) is 22.6. The number of hydrogen-bond donors (Lipinski definition) is 0. The molecule has 1 aliphatic carbocycles. The Morgan fingerprint density at radius 3 is 2.70 bits per heavy atom. The molecule has 0 spiro atoms. The van der Waals surface area contributed by atoms with Crippen molar-refractivity contribution in [1.82, 2.24) is 24.1 Å². The lowest BCUT2D eigenvalue weighted by Gasteiger charge is -2.28. The molecule has 30 heavy (non-hydrogen) atoms. The molecule has 0 radical (unpaired) electrons. The van der Waals surface area contributed by atoms with E-state index < -0.39 is 5.72 Å². The smallest absolute Gasteiger partial charge is 0.280 e. The minimum Gasteiger partial charge on any atom is -0.355 e. The molecule has 1 aliphatic heterocycles. The Kier molecular flexibility index (Phi) is 3.86. The Bertz CT molecular complexity index is 1310. The predicted octanol–water partition coefficient (Wildman–Crippen LogP) is 3.84. The van der Waals surface area contributed by atoms with Crippen LogP contribution in [0.25, 0.3) is 28.1 Å². The van der Waals surface area contributed by atoms with Gasteiger partial charge in [0.05, 0.1) is 11.0 Å². The average Bonchev–Trinajstić information content (AvgIpc) is 3.52. The number of ether oxygens (including phenoxy) is 1. The van der Waals surface area contributed by atoms with Crippen molar-refractivity contribution in [3.05, 3.63) is 46.8 Å². The van der Waals surface area contributed by atoms with Crippen molar-refractivity contribution in [1.29, 1.82) is 0 Å². The number of aromatic nitrogens is 5. The van der Waals surface area contributed by atoms with Crippen LogP contribution in [-0.2, 0) is 10.5 Å². The number of nitrogens with zero attached hydrogens (tertiary/aromatic N) is 5. The molecule has 1 atom stereocenters. The quantitative estimate of drug-likeness (QED) is 0.515. The lowest BCUT2D eigenvalue weighted by atomic mass is 10.1. The molecule has 1 saturated carbocycles. The molecule has 8 heteroatoms. The topological polar surface area (TPSA) is 87.5 Å². The highest BCUT2D eigenvalue weighted by Crippen LogP contribution is 2.35. The van der Waals surface area contributed by atoms with Crippen molar-refractivity contribution in [2.45, 2.75) is 57.1 Å². The van der Waals surface area contributed by atoms with Gasteiger partial charge in [-0.3, -0.25) is 13.8 Å². The highest BCUT2D eigenvalue weighted by Gasteiger charge is 2.35. The summed E-state index contributed by atoms with van der Waals surface area (Å²) in [4.78, 5) is 22.9. The molecule has 1 saturated heterocycles. The van der Waals surface area contributed by atoms with E-state index in [0.29, 0.717) is 35.5 Å². The van der Waals surface area contributed by atoms with Crippen molar-refractivity contribution in [2.75, 3.05) is 6.61 Å². The van der Waals surface area contributed by atoms with E-state index in [1.807, 2.05) is 35.6 Å².